The number of para-hydroxylation sites is 1. The number of furan rings is 1. The number of nitrogens with zero attached hydrogens (tertiary/aromatic N) is 1. The number of hydrogen-bond donors (Lipinski definition) is 0. The van der Waals surface area contributed by atoms with Gasteiger partial charge in [-0.2, -0.15) is 0 Å². The zero-order chi connectivity index (χ0) is 35.0. The Morgan fingerprint density at radius 3 is 1.74 bits per heavy atom. The molecule has 0 aliphatic heterocycles. The molecule has 12 rings (SSSR count). The second-order valence-electron chi connectivity index (χ2n) is 15.0. The van der Waals surface area contributed by atoms with Crippen LogP contribution in [0.1, 0.15) is 44.5 Å². The van der Waals surface area contributed by atoms with E-state index in [2.05, 4.69) is 183 Å². The molecule has 2 nitrogen and oxygen atoms in total. The van der Waals surface area contributed by atoms with E-state index >= 15 is 0 Å². The van der Waals surface area contributed by atoms with Gasteiger partial charge in [0.05, 0.1) is 11.1 Å². The van der Waals surface area contributed by atoms with Crippen molar-refractivity contribution in [3.63, 3.8) is 0 Å². The fourth-order valence-corrected chi connectivity index (χ4v) is 10.1. The quantitative estimate of drug-likeness (QED) is 0.185. The molecule has 0 N–H and O–H groups in total. The van der Waals surface area contributed by atoms with E-state index in [1.54, 1.807) is 0 Å². The van der Waals surface area contributed by atoms with Crippen LogP contribution < -0.4 is 4.90 Å². The van der Waals surface area contributed by atoms with Crippen molar-refractivity contribution in [2.24, 2.45) is 0 Å². The Balaban J connectivity index is 1.23. The van der Waals surface area contributed by atoms with Crippen LogP contribution in [-0.4, -0.2) is 0 Å². The highest BCUT2D eigenvalue weighted by atomic mass is 16.3. The van der Waals surface area contributed by atoms with Crippen LogP contribution in [0.25, 0.3) is 67.1 Å². The molecule has 1 heterocycles. The van der Waals surface area contributed by atoms with Gasteiger partial charge in [0.25, 0.3) is 0 Å². The van der Waals surface area contributed by atoms with Crippen LogP contribution in [0.2, 0.25) is 0 Å². The molecule has 0 atom stereocenters. The molecule has 2 heteroatoms. The van der Waals surface area contributed by atoms with Crippen molar-refractivity contribution in [1.82, 2.24) is 0 Å². The second kappa shape index (κ2) is 10.2. The lowest BCUT2D eigenvalue weighted by atomic mass is 9.61. The van der Waals surface area contributed by atoms with Crippen LogP contribution in [0.4, 0.5) is 17.1 Å². The molecular weight excluding hydrogens is 643 g/mol. The van der Waals surface area contributed by atoms with E-state index < -0.39 is 5.41 Å². The SMILES string of the molecule is Cc1cccc(N(c2cccc(C)c2)c2cccc3c2oc2c4c(ccc23)C2(c3ccccc3-c3ccccc32)c2ccc3c5c(ccc-4c25)C=C3)c1. The zero-order valence-electron chi connectivity index (χ0n) is 29.4. The second-order valence-corrected chi connectivity index (χ2v) is 15.0. The first kappa shape index (κ1) is 29.0. The molecule has 0 unspecified atom stereocenters. The van der Waals surface area contributed by atoms with Crippen LogP contribution in [0.5, 0.6) is 0 Å². The number of aryl methyl sites for hydroxylation is 2. The number of benzene rings is 8. The Hall–Kier alpha value is -6.64. The smallest absolute Gasteiger partial charge is 0.159 e. The van der Waals surface area contributed by atoms with Gasteiger partial charge in [-0.05, 0) is 116 Å². The maximum absolute atomic E-state index is 7.41. The molecule has 0 amide bonds. The fraction of sp³-hybridized carbons (Fsp3) is 0.0588. The van der Waals surface area contributed by atoms with Crippen molar-refractivity contribution in [2.45, 2.75) is 19.3 Å². The molecule has 9 aromatic rings. The van der Waals surface area contributed by atoms with Crippen molar-refractivity contribution in [3.05, 3.63) is 196 Å². The normalized spacial score (nSPS) is 13.9. The molecule has 0 fully saturated rings. The average Bonchev–Trinajstić information content (AvgIpc) is 3.87. The van der Waals surface area contributed by atoms with Gasteiger partial charge in [0, 0.05) is 27.7 Å². The van der Waals surface area contributed by atoms with Crippen LogP contribution >= 0.6 is 0 Å². The molecule has 3 aliphatic carbocycles. The summed E-state index contributed by atoms with van der Waals surface area (Å²) in [6.45, 7) is 4.31. The molecule has 0 saturated carbocycles. The maximum atomic E-state index is 7.41. The predicted octanol–water partition coefficient (Wildman–Crippen LogP) is 13.7. The third kappa shape index (κ3) is 3.63. The molecule has 248 valence electrons. The van der Waals surface area contributed by atoms with Crippen LogP contribution in [-0.2, 0) is 5.41 Å². The standard InChI is InChI=1S/C51H33NO/c1-30-10-7-12-34(28-30)52(35-13-8-11-31(2)29-35)45-19-9-16-38-39-25-27-44-48(50(39)53-49(38)45)40-24-22-32-20-21-33-23-26-43(47(40)46(32)33)51(44)41-17-5-3-14-36(41)37-15-4-6-18-42(37)51/h3-29H,1-2H3. The molecule has 1 spiro atoms. The van der Waals surface area contributed by atoms with Gasteiger partial charge < -0.3 is 9.32 Å². The zero-order valence-corrected chi connectivity index (χ0v) is 29.4. The van der Waals surface area contributed by atoms with E-state index in [-0.39, 0.29) is 0 Å². The highest BCUT2D eigenvalue weighted by molar-refractivity contribution is 6.21. The number of anilines is 3. The third-order valence-corrected chi connectivity index (χ3v) is 12.1. The van der Waals surface area contributed by atoms with Gasteiger partial charge in [-0.25, -0.2) is 0 Å². The molecule has 0 radical (unpaired) electrons. The molecule has 8 aromatic carbocycles. The van der Waals surface area contributed by atoms with E-state index in [9.17, 15) is 0 Å². The fourth-order valence-electron chi connectivity index (χ4n) is 10.1. The van der Waals surface area contributed by atoms with Gasteiger partial charge in [0.15, 0.2) is 5.58 Å². The summed E-state index contributed by atoms with van der Waals surface area (Å²) in [7, 11) is 0. The van der Waals surface area contributed by atoms with E-state index in [0.29, 0.717) is 0 Å². The van der Waals surface area contributed by atoms with Crippen molar-refractivity contribution in [3.8, 4) is 22.3 Å². The Morgan fingerprint density at radius 1 is 0.453 bits per heavy atom. The highest BCUT2D eigenvalue weighted by Crippen LogP contribution is 2.63. The molecule has 0 saturated heterocycles. The monoisotopic (exact) mass is 675 g/mol. The minimum Gasteiger partial charge on any atom is -0.453 e. The summed E-state index contributed by atoms with van der Waals surface area (Å²) in [4.78, 5) is 2.35. The summed E-state index contributed by atoms with van der Waals surface area (Å²) in [5.41, 5.74) is 19.9. The molecule has 3 aliphatic rings. The lowest BCUT2D eigenvalue weighted by Gasteiger charge is -2.40. The first-order valence-electron chi connectivity index (χ1n) is 18.5. The van der Waals surface area contributed by atoms with Crippen LogP contribution in [0.15, 0.2) is 156 Å². The van der Waals surface area contributed by atoms with Crippen LogP contribution in [0, 0.1) is 13.8 Å². The minimum absolute atomic E-state index is 0.500. The Morgan fingerprint density at radius 2 is 1.06 bits per heavy atom. The van der Waals surface area contributed by atoms with Crippen LogP contribution in [0.3, 0.4) is 0 Å². The Kier molecular flexibility index (Phi) is 5.60. The van der Waals surface area contributed by atoms with Crippen molar-refractivity contribution in [2.75, 3.05) is 4.90 Å². The lowest BCUT2D eigenvalue weighted by Crippen LogP contribution is -2.32. The Bertz CT molecular complexity index is 3000. The summed E-state index contributed by atoms with van der Waals surface area (Å²) >= 11 is 0. The van der Waals surface area contributed by atoms with Crippen molar-refractivity contribution < 1.29 is 4.42 Å². The maximum Gasteiger partial charge on any atom is 0.159 e. The van der Waals surface area contributed by atoms with E-state index in [0.717, 1.165) is 39.0 Å². The number of rotatable bonds is 3. The van der Waals surface area contributed by atoms with Gasteiger partial charge in [-0.1, -0.05) is 133 Å². The minimum atomic E-state index is -0.500. The summed E-state index contributed by atoms with van der Waals surface area (Å²) in [5, 5.41) is 4.92. The highest BCUT2D eigenvalue weighted by Gasteiger charge is 2.51. The van der Waals surface area contributed by atoms with Gasteiger partial charge in [0.1, 0.15) is 5.58 Å². The first-order valence-corrected chi connectivity index (χ1v) is 18.5. The Labute approximate surface area is 307 Å². The van der Waals surface area contributed by atoms with Gasteiger partial charge in [-0.3, -0.25) is 0 Å². The summed E-state index contributed by atoms with van der Waals surface area (Å²) < 4.78 is 7.41. The summed E-state index contributed by atoms with van der Waals surface area (Å²) in [6, 6.07) is 56.3. The summed E-state index contributed by atoms with van der Waals surface area (Å²) in [6.07, 6.45) is 4.55. The first-order chi connectivity index (χ1) is 26.1. The van der Waals surface area contributed by atoms with Gasteiger partial charge in [0.2, 0.25) is 0 Å². The summed E-state index contributed by atoms with van der Waals surface area (Å²) in [5.74, 6) is 0. The van der Waals surface area contributed by atoms with Crippen molar-refractivity contribution >= 4 is 61.9 Å². The molecule has 1 aromatic heterocycles. The topological polar surface area (TPSA) is 16.4 Å². The number of fused-ring (bicyclic) bond motifs is 13. The molecular formula is C51H33NO. The van der Waals surface area contributed by atoms with Gasteiger partial charge >= 0.3 is 0 Å². The van der Waals surface area contributed by atoms with Gasteiger partial charge in [-0.15, -0.1) is 0 Å². The largest absolute Gasteiger partial charge is 0.453 e. The van der Waals surface area contributed by atoms with E-state index in [1.807, 2.05) is 0 Å². The van der Waals surface area contributed by atoms with Crippen molar-refractivity contribution in [1.29, 1.82) is 0 Å². The third-order valence-electron chi connectivity index (χ3n) is 12.1. The van der Waals surface area contributed by atoms with E-state index in [1.165, 1.54) is 77.5 Å². The number of hydrogen-bond acceptors (Lipinski definition) is 2. The predicted molar refractivity (Wildman–Crippen MR) is 221 cm³/mol. The molecule has 53 heavy (non-hydrogen) atoms. The average molecular weight is 676 g/mol. The van der Waals surface area contributed by atoms with E-state index in [4.69, 9.17) is 4.42 Å². The molecule has 0 bridgehead atoms. The lowest BCUT2D eigenvalue weighted by molar-refractivity contribution is 0.667.